The molecule has 1 saturated heterocycles. The quantitative estimate of drug-likeness (QED) is 0.785. The van der Waals surface area contributed by atoms with Crippen LogP contribution in [0.5, 0.6) is 0 Å². The molecular formula is C14H28N2O2. The first-order chi connectivity index (χ1) is 8.44. The van der Waals surface area contributed by atoms with Gasteiger partial charge in [0.05, 0.1) is 19.1 Å². The maximum atomic E-state index is 12.5. The van der Waals surface area contributed by atoms with Crippen molar-refractivity contribution in [1.29, 1.82) is 0 Å². The van der Waals surface area contributed by atoms with Crippen molar-refractivity contribution >= 4 is 5.91 Å². The van der Waals surface area contributed by atoms with Crippen LogP contribution in [0.15, 0.2) is 0 Å². The predicted molar refractivity (Wildman–Crippen MR) is 73.5 cm³/mol. The summed E-state index contributed by atoms with van der Waals surface area (Å²) >= 11 is 0. The van der Waals surface area contributed by atoms with Crippen molar-refractivity contribution in [2.75, 3.05) is 26.8 Å². The van der Waals surface area contributed by atoms with Gasteiger partial charge in [-0.15, -0.1) is 0 Å². The molecule has 0 saturated carbocycles. The Morgan fingerprint density at radius 2 is 2.06 bits per heavy atom. The van der Waals surface area contributed by atoms with E-state index in [2.05, 4.69) is 33.0 Å². The van der Waals surface area contributed by atoms with Crippen LogP contribution < -0.4 is 5.32 Å². The van der Waals surface area contributed by atoms with Gasteiger partial charge in [-0.1, -0.05) is 13.8 Å². The van der Waals surface area contributed by atoms with Gasteiger partial charge in [0.2, 0.25) is 5.91 Å². The Balaban J connectivity index is 2.64. The molecule has 1 aliphatic heterocycles. The lowest BCUT2D eigenvalue weighted by atomic mass is 9.95. The first-order valence-corrected chi connectivity index (χ1v) is 7.02. The second kappa shape index (κ2) is 6.53. The van der Waals surface area contributed by atoms with E-state index in [1.165, 1.54) is 0 Å². The minimum atomic E-state index is -0.0883. The zero-order valence-corrected chi connectivity index (χ0v) is 12.5. The van der Waals surface area contributed by atoms with Gasteiger partial charge in [-0.2, -0.15) is 0 Å². The summed E-state index contributed by atoms with van der Waals surface area (Å²) in [6, 6.07) is 0.174. The molecule has 1 N–H and O–H groups in total. The molecule has 2 atom stereocenters. The Morgan fingerprint density at radius 3 is 2.61 bits per heavy atom. The maximum absolute atomic E-state index is 12.5. The van der Waals surface area contributed by atoms with Crippen molar-refractivity contribution in [1.82, 2.24) is 10.2 Å². The maximum Gasteiger partial charge on any atom is 0.229 e. The zero-order chi connectivity index (χ0) is 13.8. The van der Waals surface area contributed by atoms with Crippen molar-refractivity contribution in [2.45, 2.75) is 52.1 Å². The Labute approximate surface area is 111 Å². The fourth-order valence-corrected chi connectivity index (χ4v) is 2.11. The second-order valence-corrected chi connectivity index (χ2v) is 5.77. The highest BCUT2D eigenvalue weighted by molar-refractivity contribution is 5.80. The van der Waals surface area contributed by atoms with Crippen LogP contribution in [-0.2, 0) is 9.53 Å². The van der Waals surface area contributed by atoms with Gasteiger partial charge in [-0.05, 0) is 33.2 Å². The summed E-state index contributed by atoms with van der Waals surface area (Å²) in [6.45, 7) is 10.6. The van der Waals surface area contributed by atoms with Crippen molar-refractivity contribution in [3.63, 3.8) is 0 Å². The summed E-state index contributed by atoms with van der Waals surface area (Å²) in [4.78, 5) is 14.4. The highest BCUT2D eigenvalue weighted by Gasteiger charge is 2.38. The van der Waals surface area contributed by atoms with Gasteiger partial charge in [0.1, 0.15) is 0 Å². The molecule has 0 radical (unpaired) electrons. The number of nitrogens with zero attached hydrogens (tertiary/aromatic N) is 1. The molecule has 1 aliphatic rings. The van der Waals surface area contributed by atoms with Crippen molar-refractivity contribution in [2.24, 2.45) is 5.92 Å². The number of carbonyl (C=O) groups is 1. The van der Waals surface area contributed by atoms with E-state index in [0.717, 1.165) is 19.4 Å². The van der Waals surface area contributed by atoms with E-state index in [9.17, 15) is 4.79 Å². The van der Waals surface area contributed by atoms with Crippen LogP contribution in [0, 0.1) is 5.92 Å². The highest BCUT2D eigenvalue weighted by Crippen LogP contribution is 2.23. The van der Waals surface area contributed by atoms with Gasteiger partial charge in [0, 0.05) is 18.6 Å². The molecule has 0 spiro atoms. The predicted octanol–water partition coefficient (Wildman–Crippen LogP) is 1.65. The molecule has 0 bridgehead atoms. The third kappa shape index (κ3) is 3.45. The molecule has 1 rings (SSSR count). The van der Waals surface area contributed by atoms with E-state index >= 15 is 0 Å². The van der Waals surface area contributed by atoms with Gasteiger partial charge in [-0.3, -0.25) is 4.79 Å². The normalized spacial score (nSPS) is 24.3. The Kier molecular flexibility index (Phi) is 5.60. The molecule has 18 heavy (non-hydrogen) atoms. The Hall–Kier alpha value is -0.610. The van der Waals surface area contributed by atoms with Crippen molar-refractivity contribution in [3.05, 3.63) is 0 Å². The fourth-order valence-electron chi connectivity index (χ4n) is 2.11. The van der Waals surface area contributed by atoms with Crippen molar-refractivity contribution < 1.29 is 9.53 Å². The molecular weight excluding hydrogens is 228 g/mol. The van der Waals surface area contributed by atoms with Gasteiger partial charge in [0.15, 0.2) is 0 Å². The van der Waals surface area contributed by atoms with Crippen molar-refractivity contribution in [3.8, 4) is 0 Å². The van der Waals surface area contributed by atoms with Crippen LogP contribution >= 0.6 is 0 Å². The molecule has 0 aromatic carbocycles. The van der Waals surface area contributed by atoms with Gasteiger partial charge < -0.3 is 15.0 Å². The average Bonchev–Trinajstić information content (AvgIpc) is 2.82. The van der Waals surface area contributed by atoms with E-state index in [-0.39, 0.29) is 23.4 Å². The summed E-state index contributed by atoms with van der Waals surface area (Å²) in [5.41, 5.74) is -0.0883. The molecule has 2 unspecified atom stereocenters. The number of nitrogens with one attached hydrogen (secondary N) is 1. The molecule has 0 aromatic rings. The minimum absolute atomic E-state index is 0.0348. The third-order valence-electron chi connectivity index (χ3n) is 4.16. The molecule has 1 heterocycles. The molecule has 1 amide bonds. The lowest BCUT2D eigenvalue weighted by Crippen LogP contribution is -2.51. The zero-order valence-electron chi connectivity index (χ0n) is 12.5. The fraction of sp³-hybridized carbons (Fsp3) is 0.929. The monoisotopic (exact) mass is 256 g/mol. The SMILES string of the molecule is CCCNC1COCC1C(=O)N(C)C(C)(C)CC. The van der Waals surface area contributed by atoms with E-state index < -0.39 is 0 Å². The smallest absolute Gasteiger partial charge is 0.229 e. The molecule has 0 aromatic heterocycles. The van der Waals surface area contributed by atoms with Gasteiger partial charge in [-0.25, -0.2) is 0 Å². The Bertz CT molecular complexity index is 279. The third-order valence-corrected chi connectivity index (χ3v) is 4.16. The lowest BCUT2D eigenvalue weighted by Gasteiger charge is -2.37. The van der Waals surface area contributed by atoms with Crippen LogP contribution in [0.1, 0.15) is 40.5 Å². The van der Waals surface area contributed by atoms with Gasteiger partial charge in [0.25, 0.3) is 0 Å². The summed E-state index contributed by atoms with van der Waals surface area (Å²) in [7, 11) is 1.90. The molecule has 4 nitrogen and oxygen atoms in total. The standard InChI is InChI=1S/C14H28N2O2/c1-6-8-15-12-10-18-9-11(12)13(17)16(5)14(3,4)7-2/h11-12,15H,6-10H2,1-5H3. The van der Waals surface area contributed by atoms with E-state index in [0.29, 0.717) is 13.2 Å². The second-order valence-electron chi connectivity index (χ2n) is 5.77. The largest absolute Gasteiger partial charge is 0.379 e. The average molecular weight is 256 g/mol. The first kappa shape index (κ1) is 15.4. The summed E-state index contributed by atoms with van der Waals surface area (Å²) in [5.74, 6) is 0.167. The molecule has 106 valence electrons. The lowest BCUT2D eigenvalue weighted by molar-refractivity contribution is -0.139. The molecule has 1 fully saturated rings. The van der Waals surface area contributed by atoms with Crippen LogP contribution in [0.2, 0.25) is 0 Å². The number of carbonyl (C=O) groups excluding carboxylic acids is 1. The number of ether oxygens (including phenoxy) is 1. The summed E-state index contributed by atoms with van der Waals surface area (Å²) < 4.78 is 5.47. The van der Waals surface area contributed by atoms with E-state index in [1.807, 2.05) is 11.9 Å². The van der Waals surface area contributed by atoms with E-state index in [4.69, 9.17) is 4.74 Å². The number of amides is 1. The summed E-state index contributed by atoms with van der Waals surface area (Å²) in [5, 5.41) is 3.41. The number of rotatable bonds is 6. The highest BCUT2D eigenvalue weighted by atomic mass is 16.5. The van der Waals surface area contributed by atoms with Crippen LogP contribution in [0.3, 0.4) is 0 Å². The molecule has 0 aliphatic carbocycles. The van der Waals surface area contributed by atoms with Crippen LogP contribution in [0.4, 0.5) is 0 Å². The number of hydrogen-bond donors (Lipinski definition) is 1. The van der Waals surface area contributed by atoms with Crippen LogP contribution in [-0.4, -0.2) is 49.2 Å². The molecule has 4 heteroatoms. The Morgan fingerprint density at radius 1 is 1.39 bits per heavy atom. The van der Waals surface area contributed by atoms with E-state index in [1.54, 1.807) is 0 Å². The van der Waals surface area contributed by atoms with Gasteiger partial charge >= 0.3 is 0 Å². The minimum Gasteiger partial charge on any atom is -0.379 e. The summed E-state index contributed by atoms with van der Waals surface area (Å²) in [6.07, 6.45) is 2.03. The number of hydrogen-bond acceptors (Lipinski definition) is 3. The van der Waals surface area contributed by atoms with Crippen LogP contribution in [0.25, 0.3) is 0 Å². The topological polar surface area (TPSA) is 41.6 Å². The first-order valence-electron chi connectivity index (χ1n) is 7.02.